The number of benzene rings is 1. The highest BCUT2D eigenvalue weighted by Gasteiger charge is 2.45. The van der Waals surface area contributed by atoms with Crippen molar-refractivity contribution in [1.29, 1.82) is 0 Å². The zero-order valence-corrected chi connectivity index (χ0v) is 9.58. The van der Waals surface area contributed by atoms with Crippen molar-refractivity contribution in [2.75, 3.05) is 13.1 Å². The van der Waals surface area contributed by atoms with Gasteiger partial charge in [0, 0.05) is 19.0 Å². The van der Waals surface area contributed by atoms with E-state index in [9.17, 15) is 5.11 Å². The monoisotopic (exact) mass is 217 g/mol. The molecule has 0 amide bonds. The van der Waals surface area contributed by atoms with Crippen molar-refractivity contribution in [2.45, 2.75) is 31.6 Å². The SMILES string of the molecule is Oc1cccc([C@@H]2CNCC23CCCC3)c1. The van der Waals surface area contributed by atoms with Crippen LogP contribution < -0.4 is 5.32 Å². The summed E-state index contributed by atoms with van der Waals surface area (Å²) < 4.78 is 0. The normalized spacial score (nSPS) is 27.6. The molecule has 1 aliphatic carbocycles. The van der Waals surface area contributed by atoms with E-state index in [1.54, 1.807) is 6.07 Å². The number of aromatic hydroxyl groups is 1. The Labute approximate surface area is 96.7 Å². The van der Waals surface area contributed by atoms with Crippen LogP contribution in [-0.4, -0.2) is 18.2 Å². The summed E-state index contributed by atoms with van der Waals surface area (Å²) in [6.07, 6.45) is 5.44. The van der Waals surface area contributed by atoms with Gasteiger partial charge >= 0.3 is 0 Å². The van der Waals surface area contributed by atoms with Gasteiger partial charge in [-0.2, -0.15) is 0 Å². The molecule has 1 aliphatic heterocycles. The van der Waals surface area contributed by atoms with Gasteiger partial charge in [0.15, 0.2) is 0 Å². The summed E-state index contributed by atoms with van der Waals surface area (Å²) in [6, 6.07) is 7.83. The van der Waals surface area contributed by atoms with Gasteiger partial charge in [-0.1, -0.05) is 25.0 Å². The van der Waals surface area contributed by atoms with Crippen LogP contribution in [0.15, 0.2) is 24.3 Å². The van der Waals surface area contributed by atoms with Gasteiger partial charge in [-0.3, -0.25) is 0 Å². The maximum atomic E-state index is 9.58. The Kier molecular flexibility index (Phi) is 2.40. The highest BCUT2D eigenvalue weighted by molar-refractivity contribution is 5.32. The van der Waals surface area contributed by atoms with E-state index in [1.807, 2.05) is 12.1 Å². The minimum Gasteiger partial charge on any atom is -0.508 e. The van der Waals surface area contributed by atoms with E-state index in [2.05, 4.69) is 11.4 Å². The lowest BCUT2D eigenvalue weighted by Gasteiger charge is -2.30. The smallest absolute Gasteiger partial charge is 0.115 e. The highest BCUT2D eigenvalue weighted by Crippen LogP contribution is 2.50. The van der Waals surface area contributed by atoms with Crippen LogP contribution in [0.4, 0.5) is 0 Å². The van der Waals surface area contributed by atoms with Crippen molar-refractivity contribution in [1.82, 2.24) is 5.32 Å². The maximum absolute atomic E-state index is 9.58. The van der Waals surface area contributed by atoms with Crippen LogP contribution in [0.2, 0.25) is 0 Å². The number of hydrogen-bond donors (Lipinski definition) is 2. The molecule has 1 spiro atoms. The Hall–Kier alpha value is -1.02. The second-order valence-electron chi connectivity index (χ2n) is 5.35. The number of hydrogen-bond acceptors (Lipinski definition) is 2. The van der Waals surface area contributed by atoms with Crippen LogP contribution in [0.1, 0.15) is 37.2 Å². The van der Waals surface area contributed by atoms with Crippen LogP contribution >= 0.6 is 0 Å². The summed E-state index contributed by atoms with van der Waals surface area (Å²) >= 11 is 0. The third-order valence-electron chi connectivity index (χ3n) is 4.44. The molecular formula is C14H19NO. The van der Waals surface area contributed by atoms with E-state index >= 15 is 0 Å². The first-order valence-electron chi connectivity index (χ1n) is 6.30. The molecule has 3 rings (SSSR count). The molecule has 2 N–H and O–H groups in total. The minimum absolute atomic E-state index is 0.401. The summed E-state index contributed by atoms with van der Waals surface area (Å²) in [5.74, 6) is 1.000. The molecule has 2 fully saturated rings. The standard InChI is InChI=1S/C14H19NO/c16-12-5-3-4-11(8-12)13-9-15-10-14(13)6-1-2-7-14/h3-5,8,13,15-16H,1-2,6-7,9-10H2/t13-/m0/s1. The Morgan fingerprint density at radius 2 is 2.06 bits per heavy atom. The molecule has 1 atom stereocenters. The Morgan fingerprint density at radius 1 is 1.25 bits per heavy atom. The molecule has 0 aromatic heterocycles. The molecule has 0 radical (unpaired) electrons. The Morgan fingerprint density at radius 3 is 2.81 bits per heavy atom. The van der Waals surface area contributed by atoms with Gasteiger partial charge in [0.25, 0.3) is 0 Å². The van der Waals surface area contributed by atoms with Gasteiger partial charge in [0.1, 0.15) is 5.75 Å². The van der Waals surface area contributed by atoms with Gasteiger partial charge in [-0.05, 0) is 36.0 Å². The summed E-state index contributed by atoms with van der Waals surface area (Å²) in [6.45, 7) is 2.23. The fourth-order valence-electron chi connectivity index (χ4n) is 3.62. The van der Waals surface area contributed by atoms with Gasteiger partial charge in [0.2, 0.25) is 0 Å². The van der Waals surface area contributed by atoms with Crippen LogP contribution in [-0.2, 0) is 0 Å². The predicted octanol–water partition coefficient (Wildman–Crippen LogP) is 2.64. The molecule has 1 saturated carbocycles. The summed E-state index contributed by atoms with van der Waals surface area (Å²) in [7, 11) is 0. The largest absolute Gasteiger partial charge is 0.508 e. The molecule has 0 bridgehead atoms. The zero-order valence-electron chi connectivity index (χ0n) is 9.58. The minimum atomic E-state index is 0.401. The lowest BCUT2D eigenvalue weighted by molar-refractivity contribution is 0.294. The zero-order chi connectivity index (χ0) is 11.0. The number of phenols is 1. The third-order valence-corrected chi connectivity index (χ3v) is 4.44. The van der Waals surface area contributed by atoms with Crippen molar-refractivity contribution >= 4 is 0 Å². The Balaban J connectivity index is 1.94. The fourth-order valence-corrected chi connectivity index (χ4v) is 3.62. The van der Waals surface area contributed by atoms with Crippen LogP contribution in [0.25, 0.3) is 0 Å². The first-order valence-corrected chi connectivity index (χ1v) is 6.30. The molecule has 1 aromatic carbocycles. The van der Waals surface area contributed by atoms with Crippen LogP contribution in [0.3, 0.4) is 0 Å². The summed E-state index contributed by atoms with van der Waals surface area (Å²) in [5.41, 5.74) is 1.79. The molecule has 1 saturated heterocycles. The molecule has 86 valence electrons. The van der Waals surface area contributed by atoms with Crippen LogP contribution in [0.5, 0.6) is 5.75 Å². The highest BCUT2D eigenvalue weighted by atomic mass is 16.3. The third kappa shape index (κ3) is 1.52. The molecule has 1 heterocycles. The lowest BCUT2D eigenvalue weighted by Crippen LogP contribution is -2.25. The quantitative estimate of drug-likeness (QED) is 0.758. The molecule has 2 aliphatic rings. The summed E-state index contributed by atoms with van der Waals surface area (Å²) in [5, 5.41) is 13.1. The summed E-state index contributed by atoms with van der Waals surface area (Å²) in [4.78, 5) is 0. The molecule has 1 aromatic rings. The maximum Gasteiger partial charge on any atom is 0.115 e. The first kappa shape index (κ1) is 10.2. The first-order chi connectivity index (χ1) is 7.80. The average molecular weight is 217 g/mol. The van der Waals surface area contributed by atoms with Gasteiger partial charge in [-0.15, -0.1) is 0 Å². The Bertz CT molecular complexity index is 377. The van der Waals surface area contributed by atoms with E-state index < -0.39 is 0 Å². The molecule has 2 nitrogen and oxygen atoms in total. The van der Waals surface area contributed by atoms with Crippen LogP contribution in [0, 0.1) is 5.41 Å². The second kappa shape index (κ2) is 3.77. The molecule has 0 unspecified atom stereocenters. The second-order valence-corrected chi connectivity index (χ2v) is 5.35. The van der Waals surface area contributed by atoms with Crippen molar-refractivity contribution in [2.24, 2.45) is 5.41 Å². The van der Waals surface area contributed by atoms with Crippen molar-refractivity contribution < 1.29 is 5.11 Å². The molecule has 16 heavy (non-hydrogen) atoms. The topological polar surface area (TPSA) is 32.3 Å². The molecular weight excluding hydrogens is 198 g/mol. The van der Waals surface area contributed by atoms with Crippen molar-refractivity contribution in [3.05, 3.63) is 29.8 Å². The number of nitrogens with one attached hydrogen (secondary N) is 1. The fraction of sp³-hybridized carbons (Fsp3) is 0.571. The van der Waals surface area contributed by atoms with Gasteiger partial charge in [-0.25, -0.2) is 0 Å². The van der Waals surface area contributed by atoms with E-state index in [4.69, 9.17) is 0 Å². The van der Waals surface area contributed by atoms with Crippen molar-refractivity contribution in [3.63, 3.8) is 0 Å². The number of rotatable bonds is 1. The number of phenolic OH excluding ortho intramolecular Hbond substituents is 1. The van der Waals surface area contributed by atoms with E-state index in [0.717, 1.165) is 13.1 Å². The van der Waals surface area contributed by atoms with E-state index in [0.29, 0.717) is 17.1 Å². The average Bonchev–Trinajstić information content (AvgIpc) is 2.90. The van der Waals surface area contributed by atoms with Gasteiger partial charge in [0.05, 0.1) is 0 Å². The van der Waals surface area contributed by atoms with Crippen molar-refractivity contribution in [3.8, 4) is 5.75 Å². The van der Waals surface area contributed by atoms with Gasteiger partial charge < -0.3 is 10.4 Å². The lowest BCUT2D eigenvalue weighted by atomic mass is 9.73. The van der Waals surface area contributed by atoms with E-state index in [1.165, 1.54) is 31.2 Å². The predicted molar refractivity (Wildman–Crippen MR) is 64.6 cm³/mol. The molecule has 2 heteroatoms. The van der Waals surface area contributed by atoms with E-state index in [-0.39, 0.29) is 0 Å².